The summed E-state index contributed by atoms with van der Waals surface area (Å²) in [5.74, 6) is -1.35. The summed E-state index contributed by atoms with van der Waals surface area (Å²) in [4.78, 5) is 21.6. The molecule has 2 rings (SSSR count). The molecule has 0 radical (unpaired) electrons. The maximum absolute atomic E-state index is 12.6. The molecule has 0 aliphatic heterocycles. The van der Waals surface area contributed by atoms with Crippen LogP contribution in [-0.2, 0) is 20.3 Å². The Balaban J connectivity index is 2.50. The molecule has 2 aromatic carbocycles. The Morgan fingerprint density at radius 2 is 1.83 bits per heavy atom. The number of methoxy groups -OCH3 is 1. The van der Waals surface area contributed by atoms with Crippen LogP contribution in [0.5, 0.6) is 0 Å². The van der Waals surface area contributed by atoms with Crippen molar-refractivity contribution in [3.05, 3.63) is 68.7 Å². The van der Waals surface area contributed by atoms with E-state index in [0.717, 1.165) is 25.3 Å². The molecular formula is C15H12ClNO6S. The largest absolute Gasteiger partial charge is 0.465 e. The number of sulfone groups is 1. The number of carbonyl (C=O) groups excluding carboxylic acids is 1. The van der Waals surface area contributed by atoms with Gasteiger partial charge in [0.05, 0.1) is 28.2 Å². The second-order valence-corrected chi connectivity index (χ2v) is 7.21. The number of carbonyl (C=O) groups is 1. The van der Waals surface area contributed by atoms with Gasteiger partial charge in [0.1, 0.15) is 0 Å². The highest BCUT2D eigenvalue weighted by molar-refractivity contribution is 7.90. The molecule has 7 nitrogen and oxygen atoms in total. The molecule has 0 atom stereocenters. The van der Waals surface area contributed by atoms with E-state index in [-0.39, 0.29) is 16.2 Å². The molecule has 0 aromatic heterocycles. The van der Waals surface area contributed by atoms with Crippen LogP contribution < -0.4 is 0 Å². The molecule has 0 unspecified atom stereocenters. The summed E-state index contributed by atoms with van der Waals surface area (Å²) in [5, 5.41) is 11.3. The van der Waals surface area contributed by atoms with Crippen molar-refractivity contribution in [2.45, 2.75) is 10.6 Å². The summed E-state index contributed by atoms with van der Waals surface area (Å²) in [6, 6.07) is 9.14. The van der Waals surface area contributed by atoms with Crippen LogP contribution in [0.15, 0.2) is 47.4 Å². The fourth-order valence-electron chi connectivity index (χ4n) is 2.05. The van der Waals surface area contributed by atoms with Crippen LogP contribution in [0.2, 0.25) is 5.02 Å². The molecule has 24 heavy (non-hydrogen) atoms. The first-order valence-corrected chi connectivity index (χ1v) is 8.61. The highest BCUT2D eigenvalue weighted by Crippen LogP contribution is 2.26. The minimum Gasteiger partial charge on any atom is -0.465 e. The lowest BCUT2D eigenvalue weighted by atomic mass is 10.2. The average Bonchev–Trinajstić information content (AvgIpc) is 2.55. The van der Waals surface area contributed by atoms with Crippen molar-refractivity contribution in [2.75, 3.05) is 7.11 Å². The third-order valence-corrected chi connectivity index (χ3v) is 5.18. The fraction of sp³-hybridized carbons (Fsp3) is 0.133. The quantitative estimate of drug-likeness (QED) is 0.456. The molecule has 9 heteroatoms. The van der Waals surface area contributed by atoms with E-state index in [2.05, 4.69) is 4.74 Å². The van der Waals surface area contributed by atoms with E-state index in [1.54, 1.807) is 24.3 Å². The van der Waals surface area contributed by atoms with Crippen molar-refractivity contribution in [3.63, 3.8) is 0 Å². The third-order valence-electron chi connectivity index (χ3n) is 3.18. The SMILES string of the molecule is COC(=O)c1cc([N+](=O)[O-])ccc1S(=O)(=O)Cc1ccc(Cl)cc1. The van der Waals surface area contributed by atoms with Gasteiger partial charge in [-0.05, 0) is 23.8 Å². The van der Waals surface area contributed by atoms with E-state index in [4.69, 9.17) is 11.6 Å². The number of esters is 1. The molecule has 0 aliphatic rings. The van der Waals surface area contributed by atoms with Gasteiger partial charge >= 0.3 is 5.97 Å². The smallest absolute Gasteiger partial charge is 0.339 e. The van der Waals surface area contributed by atoms with Crippen molar-refractivity contribution in [2.24, 2.45) is 0 Å². The van der Waals surface area contributed by atoms with Gasteiger partial charge in [0, 0.05) is 17.2 Å². The van der Waals surface area contributed by atoms with Crippen LogP contribution in [0, 0.1) is 10.1 Å². The second-order valence-electron chi connectivity index (χ2n) is 4.81. The number of nitro benzene ring substituents is 1. The first-order chi connectivity index (χ1) is 11.2. The molecule has 0 saturated carbocycles. The van der Waals surface area contributed by atoms with Gasteiger partial charge < -0.3 is 4.74 Å². The summed E-state index contributed by atoms with van der Waals surface area (Å²) >= 11 is 5.76. The van der Waals surface area contributed by atoms with Gasteiger partial charge in [0.25, 0.3) is 5.69 Å². The van der Waals surface area contributed by atoms with Crippen LogP contribution in [0.25, 0.3) is 0 Å². The van der Waals surface area contributed by atoms with Crippen molar-refractivity contribution in [1.29, 1.82) is 0 Å². The number of hydrogen-bond donors (Lipinski definition) is 0. The minimum absolute atomic E-state index is 0.324. The molecule has 0 amide bonds. The van der Waals surface area contributed by atoms with E-state index in [1.807, 2.05) is 0 Å². The van der Waals surface area contributed by atoms with Gasteiger partial charge in [-0.25, -0.2) is 13.2 Å². The predicted octanol–water partition coefficient (Wildman–Crippen LogP) is 3.01. The maximum atomic E-state index is 12.6. The number of benzene rings is 2. The second kappa shape index (κ2) is 6.98. The minimum atomic E-state index is -3.92. The number of non-ortho nitro benzene ring substituents is 1. The van der Waals surface area contributed by atoms with Crippen molar-refractivity contribution >= 4 is 33.1 Å². The van der Waals surface area contributed by atoms with E-state index >= 15 is 0 Å². The summed E-state index contributed by atoms with van der Waals surface area (Å²) in [7, 11) is -2.85. The summed E-state index contributed by atoms with van der Waals surface area (Å²) in [6.07, 6.45) is 0. The number of nitrogens with zero attached hydrogens (tertiary/aromatic N) is 1. The molecule has 126 valence electrons. The normalized spacial score (nSPS) is 11.1. The molecule has 0 spiro atoms. The van der Waals surface area contributed by atoms with Gasteiger partial charge in [-0.3, -0.25) is 10.1 Å². The summed E-state index contributed by atoms with van der Waals surface area (Å²) in [5.41, 5.74) is -0.310. The van der Waals surface area contributed by atoms with Gasteiger partial charge in [0.15, 0.2) is 9.84 Å². The Morgan fingerprint density at radius 3 is 2.38 bits per heavy atom. The monoisotopic (exact) mass is 369 g/mol. The van der Waals surface area contributed by atoms with Crippen LogP contribution in [0.3, 0.4) is 0 Å². The fourth-order valence-corrected chi connectivity index (χ4v) is 3.72. The highest BCUT2D eigenvalue weighted by Gasteiger charge is 2.26. The Morgan fingerprint density at radius 1 is 1.21 bits per heavy atom. The number of ether oxygens (including phenoxy) is 1. The third kappa shape index (κ3) is 3.90. The average molecular weight is 370 g/mol. The first-order valence-electron chi connectivity index (χ1n) is 6.58. The Bertz CT molecular complexity index is 893. The zero-order valence-electron chi connectivity index (χ0n) is 12.4. The van der Waals surface area contributed by atoms with E-state index in [9.17, 15) is 23.3 Å². The van der Waals surface area contributed by atoms with Gasteiger partial charge in [0.2, 0.25) is 0 Å². The number of hydrogen-bond acceptors (Lipinski definition) is 6. The summed E-state index contributed by atoms with van der Waals surface area (Å²) in [6.45, 7) is 0. The van der Waals surface area contributed by atoms with Crippen LogP contribution in [0.1, 0.15) is 15.9 Å². The van der Waals surface area contributed by atoms with Crippen LogP contribution >= 0.6 is 11.6 Å². The molecule has 0 N–H and O–H groups in total. The van der Waals surface area contributed by atoms with E-state index < -0.39 is 26.4 Å². The number of halogens is 1. The van der Waals surface area contributed by atoms with E-state index in [0.29, 0.717) is 10.6 Å². The lowest BCUT2D eigenvalue weighted by Gasteiger charge is -2.09. The number of rotatable bonds is 5. The molecule has 0 saturated heterocycles. The Kier molecular flexibility index (Phi) is 5.20. The van der Waals surface area contributed by atoms with Crippen molar-refractivity contribution in [3.8, 4) is 0 Å². The van der Waals surface area contributed by atoms with E-state index in [1.165, 1.54) is 0 Å². The standard InChI is InChI=1S/C15H12ClNO6S/c1-23-15(18)13-8-12(17(19)20)6-7-14(13)24(21,22)9-10-2-4-11(16)5-3-10/h2-8H,9H2,1H3. The predicted molar refractivity (Wildman–Crippen MR) is 86.8 cm³/mol. The van der Waals surface area contributed by atoms with Crippen LogP contribution in [-0.4, -0.2) is 26.4 Å². The Hall–Kier alpha value is -2.45. The maximum Gasteiger partial charge on any atom is 0.339 e. The van der Waals surface area contributed by atoms with Gasteiger partial charge in [-0.2, -0.15) is 0 Å². The van der Waals surface area contributed by atoms with Gasteiger partial charge in [-0.1, -0.05) is 23.7 Å². The summed E-state index contributed by atoms with van der Waals surface area (Å²) < 4.78 is 29.7. The molecule has 0 heterocycles. The molecule has 0 aliphatic carbocycles. The lowest BCUT2D eigenvalue weighted by molar-refractivity contribution is -0.384. The van der Waals surface area contributed by atoms with Crippen LogP contribution in [0.4, 0.5) is 5.69 Å². The number of nitro groups is 1. The molecule has 2 aromatic rings. The van der Waals surface area contributed by atoms with Crippen molar-refractivity contribution in [1.82, 2.24) is 0 Å². The Labute approximate surface area is 142 Å². The molecule has 0 bridgehead atoms. The molecular weight excluding hydrogens is 358 g/mol. The van der Waals surface area contributed by atoms with Gasteiger partial charge in [-0.15, -0.1) is 0 Å². The zero-order valence-corrected chi connectivity index (χ0v) is 14.0. The first kappa shape index (κ1) is 17.9. The zero-order chi connectivity index (χ0) is 17.9. The molecule has 0 fully saturated rings. The van der Waals surface area contributed by atoms with Crippen molar-refractivity contribution < 1.29 is 22.9 Å². The topological polar surface area (TPSA) is 104 Å². The lowest BCUT2D eigenvalue weighted by Crippen LogP contribution is -2.13. The highest BCUT2D eigenvalue weighted by atomic mass is 35.5.